The van der Waals surface area contributed by atoms with Crippen LogP contribution in [0.25, 0.3) is 0 Å². The van der Waals surface area contributed by atoms with Crippen molar-refractivity contribution in [2.24, 2.45) is 0 Å². The fourth-order valence-electron chi connectivity index (χ4n) is 1.78. The lowest BCUT2D eigenvalue weighted by Crippen LogP contribution is -2.24. The molecule has 0 aliphatic heterocycles. The number of halogens is 2. The summed E-state index contributed by atoms with van der Waals surface area (Å²) in [6.45, 7) is 1.51. The van der Waals surface area contributed by atoms with Gasteiger partial charge in [-0.1, -0.05) is 6.07 Å². The summed E-state index contributed by atoms with van der Waals surface area (Å²) in [6.07, 6.45) is 1.31. The van der Waals surface area contributed by atoms with Crippen LogP contribution in [0, 0.1) is 18.6 Å². The summed E-state index contributed by atoms with van der Waals surface area (Å²) in [5, 5.41) is 0. The Morgan fingerprint density at radius 3 is 2.57 bits per heavy atom. The summed E-state index contributed by atoms with van der Waals surface area (Å²) in [5.74, 6) is -1.76. The van der Waals surface area contributed by atoms with E-state index in [1.807, 2.05) is 0 Å². The molecule has 1 fully saturated rings. The normalized spacial score (nSPS) is 20.8. The monoisotopic (exact) mass is 196 g/mol. The Balaban J connectivity index is 2.44. The second kappa shape index (κ2) is 3.15. The molecule has 74 valence electrons. The Morgan fingerprint density at radius 1 is 1.36 bits per heavy atom. The van der Waals surface area contributed by atoms with E-state index in [0.29, 0.717) is 12.0 Å². The van der Waals surface area contributed by atoms with Crippen LogP contribution < -0.4 is 0 Å². The van der Waals surface area contributed by atoms with Crippen molar-refractivity contribution in [1.29, 1.82) is 0 Å². The van der Waals surface area contributed by atoms with Gasteiger partial charge in [-0.2, -0.15) is 0 Å². The molecular formula is C11H10F2O. The van der Waals surface area contributed by atoms with Crippen molar-refractivity contribution in [2.75, 3.05) is 0 Å². The van der Waals surface area contributed by atoms with Gasteiger partial charge in [0.25, 0.3) is 0 Å². The van der Waals surface area contributed by atoms with E-state index in [1.165, 1.54) is 13.0 Å². The van der Waals surface area contributed by atoms with Crippen LogP contribution in [-0.4, -0.2) is 5.78 Å². The Bertz CT molecular complexity index is 399. The Morgan fingerprint density at radius 2 is 2.07 bits per heavy atom. The predicted molar refractivity (Wildman–Crippen MR) is 48.1 cm³/mol. The lowest BCUT2D eigenvalue weighted by Gasteiger charge is -2.25. The third-order valence-electron chi connectivity index (χ3n) is 2.82. The van der Waals surface area contributed by atoms with Crippen LogP contribution in [0.1, 0.15) is 29.9 Å². The summed E-state index contributed by atoms with van der Waals surface area (Å²) in [5.41, 5.74) is 0.906. The van der Waals surface area contributed by atoms with E-state index in [4.69, 9.17) is 0 Å². The van der Waals surface area contributed by atoms with Crippen molar-refractivity contribution in [3.05, 3.63) is 34.9 Å². The van der Waals surface area contributed by atoms with E-state index >= 15 is 0 Å². The smallest absolute Gasteiger partial charge is 0.162 e. The molecule has 1 aliphatic carbocycles. The summed E-state index contributed by atoms with van der Waals surface area (Å²) >= 11 is 0. The first-order valence-electron chi connectivity index (χ1n) is 4.58. The predicted octanol–water partition coefficient (Wildman–Crippen LogP) is 2.72. The summed E-state index contributed by atoms with van der Waals surface area (Å²) in [6, 6.07) is 2.60. The number of rotatable bonds is 1. The molecule has 0 radical (unpaired) electrons. The molecule has 0 bridgehead atoms. The van der Waals surface area contributed by atoms with Crippen molar-refractivity contribution < 1.29 is 13.6 Å². The van der Waals surface area contributed by atoms with Crippen LogP contribution >= 0.6 is 0 Å². The van der Waals surface area contributed by atoms with Gasteiger partial charge in [-0.05, 0) is 30.5 Å². The van der Waals surface area contributed by atoms with Gasteiger partial charge in [-0.15, -0.1) is 0 Å². The van der Waals surface area contributed by atoms with E-state index in [-0.39, 0.29) is 17.3 Å². The maximum Gasteiger partial charge on any atom is 0.162 e. The highest BCUT2D eigenvalue weighted by Gasteiger charge is 2.31. The first-order chi connectivity index (χ1) is 6.61. The molecule has 1 saturated carbocycles. The number of carbonyl (C=O) groups excluding carboxylic acids is 1. The van der Waals surface area contributed by atoms with Gasteiger partial charge in [-0.25, -0.2) is 8.78 Å². The molecule has 0 heterocycles. The van der Waals surface area contributed by atoms with Crippen molar-refractivity contribution >= 4 is 5.78 Å². The van der Waals surface area contributed by atoms with Crippen LogP contribution in [0.5, 0.6) is 0 Å². The second-order valence-electron chi connectivity index (χ2n) is 3.63. The van der Waals surface area contributed by atoms with Gasteiger partial charge in [0.1, 0.15) is 5.78 Å². The van der Waals surface area contributed by atoms with Gasteiger partial charge in [0.05, 0.1) is 0 Å². The number of hydrogen-bond donors (Lipinski definition) is 0. The van der Waals surface area contributed by atoms with Crippen molar-refractivity contribution in [1.82, 2.24) is 0 Å². The maximum absolute atomic E-state index is 13.2. The highest BCUT2D eigenvalue weighted by Crippen LogP contribution is 2.35. The number of hydrogen-bond acceptors (Lipinski definition) is 1. The van der Waals surface area contributed by atoms with Gasteiger partial charge in [0.2, 0.25) is 0 Å². The molecule has 1 aromatic carbocycles. The molecule has 1 nitrogen and oxygen atoms in total. The minimum absolute atomic E-state index is 0.124. The molecule has 1 aromatic rings. The summed E-state index contributed by atoms with van der Waals surface area (Å²) in [7, 11) is 0. The highest BCUT2D eigenvalue weighted by molar-refractivity contribution is 5.91. The summed E-state index contributed by atoms with van der Waals surface area (Å²) < 4.78 is 25.9. The van der Waals surface area contributed by atoms with E-state index in [2.05, 4.69) is 0 Å². The van der Waals surface area contributed by atoms with Crippen LogP contribution in [0.2, 0.25) is 0 Å². The zero-order valence-corrected chi connectivity index (χ0v) is 7.81. The Labute approximate surface area is 80.7 Å². The van der Waals surface area contributed by atoms with Crippen LogP contribution in [0.4, 0.5) is 8.78 Å². The molecule has 0 N–H and O–H groups in total. The first-order valence-corrected chi connectivity index (χ1v) is 4.58. The molecule has 0 amide bonds. The van der Waals surface area contributed by atoms with Gasteiger partial charge in [0, 0.05) is 12.3 Å². The second-order valence-corrected chi connectivity index (χ2v) is 3.63. The molecule has 1 unspecified atom stereocenters. The lowest BCUT2D eigenvalue weighted by atomic mass is 9.77. The third-order valence-corrected chi connectivity index (χ3v) is 2.82. The van der Waals surface area contributed by atoms with Gasteiger partial charge >= 0.3 is 0 Å². The standard InChI is InChI=1S/C11H10F2O/c1-6-7(8-3-5-10(8)14)2-4-9(12)11(6)13/h2,4,8H,3,5H2,1H3. The molecule has 0 spiro atoms. The van der Waals surface area contributed by atoms with Crippen LogP contribution in [0.3, 0.4) is 0 Å². The van der Waals surface area contributed by atoms with E-state index < -0.39 is 11.6 Å². The van der Waals surface area contributed by atoms with Crippen molar-refractivity contribution in [3.8, 4) is 0 Å². The van der Waals surface area contributed by atoms with Crippen molar-refractivity contribution in [3.63, 3.8) is 0 Å². The largest absolute Gasteiger partial charge is 0.299 e. The van der Waals surface area contributed by atoms with Gasteiger partial charge in [0.15, 0.2) is 11.6 Å². The van der Waals surface area contributed by atoms with Crippen LogP contribution in [-0.2, 0) is 4.79 Å². The lowest BCUT2D eigenvalue weighted by molar-refractivity contribution is -0.125. The zero-order valence-electron chi connectivity index (χ0n) is 7.81. The molecule has 1 atom stereocenters. The molecule has 3 heteroatoms. The maximum atomic E-state index is 13.2. The molecule has 0 aromatic heterocycles. The van der Waals surface area contributed by atoms with Crippen LogP contribution in [0.15, 0.2) is 12.1 Å². The number of ketones is 1. The Hall–Kier alpha value is -1.25. The average Bonchev–Trinajstić information content (AvgIpc) is 2.16. The van der Waals surface area contributed by atoms with E-state index in [1.54, 1.807) is 0 Å². The fraction of sp³-hybridized carbons (Fsp3) is 0.364. The van der Waals surface area contributed by atoms with Gasteiger partial charge < -0.3 is 0 Å². The van der Waals surface area contributed by atoms with Gasteiger partial charge in [-0.3, -0.25) is 4.79 Å². The quantitative estimate of drug-likeness (QED) is 0.675. The minimum Gasteiger partial charge on any atom is -0.299 e. The summed E-state index contributed by atoms with van der Waals surface area (Å²) in [4.78, 5) is 11.2. The minimum atomic E-state index is -0.849. The SMILES string of the molecule is Cc1c(C2CCC2=O)ccc(F)c1F. The molecule has 1 aliphatic rings. The first kappa shape index (κ1) is 9.31. The topological polar surface area (TPSA) is 17.1 Å². The number of benzene rings is 1. The zero-order chi connectivity index (χ0) is 10.3. The average molecular weight is 196 g/mol. The molecular weight excluding hydrogens is 186 g/mol. The Kier molecular flexibility index (Phi) is 2.10. The third kappa shape index (κ3) is 1.24. The number of carbonyl (C=O) groups is 1. The van der Waals surface area contributed by atoms with E-state index in [0.717, 1.165) is 12.5 Å². The number of Topliss-reactive ketones (excluding diaryl/α,β-unsaturated/α-hetero) is 1. The molecule has 2 rings (SSSR count). The van der Waals surface area contributed by atoms with E-state index in [9.17, 15) is 13.6 Å². The van der Waals surface area contributed by atoms with Crippen molar-refractivity contribution in [2.45, 2.75) is 25.7 Å². The molecule has 14 heavy (non-hydrogen) atoms. The fourth-order valence-corrected chi connectivity index (χ4v) is 1.78. The highest BCUT2D eigenvalue weighted by atomic mass is 19.2. The molecule has 0 saturated heterocycles.